The first kappa shape index (κ1) is 12.5. The van der Waals surface area contributed by atoms with Crippen molar-refractivity contribution < 1.29 is 9.53 Å². The van der Waals surface area contributed by atoms with Crippen LogP contribution in [0.25, 0.3) is 0 Å². The van der Waals surface area contributed by atoms with Gasteiger partial charge in [0.2, 0.25) is 0 Å². The molecular weight excluding hydrogens is 284 g/mol. The summed E-state index contributed by atoms with van der Waals surface area (Å²) in [6, 6.07) is 5.42. The van der Waals surface area contributed by atoms with Crippen molar-refractivity contribution in [2.45, 2.75) is 19.4 Å². The van der Waals surface area contributed by atoms with Crippen molar-refractivity contribution in [1.82, 2.24) is 10.3 Å². The number of rotatable bonds is 3. The topological polar surface area (TPSA) is 51.2 Å². The highest BCUT2D eigenvalue weighted by atomic mass is 79.9. The molecule has 17 heavy (non-hydrogen) atoms. The van der Waals surface area contributed by atoms with Gasteiger partial charge in [-0.05, 0) is 41.4 Å². The van der Waals surface area contributed by atoms with Crippen LogP contribution in [0.2, 0.25) is 0 Å². The number of carbonyl (C=O) groups excluding carboxylic acids is 1. The van der Waals surface area contributed by atoms with E-state index in [9.17, 15) is 4.79 Å². The molecule has 0 aromatic carbocycles. The summed E-state index contributed by atoms with van der Waals surface area (Å²) < 4.78 is 5.98. The van der Waals surface area contributed by atoms with Gasteiger partial charge in [-0.1, -0.05) is 6.07 Å². The van der Waals surface area contributed by atoms with Crippen LogP contribution in [0.15, 0.2) is 22.8 Å². The number of aromatic nitrogens is 1. The predicted octanol–water partition coefficient (Wildman–Crippen LogP) is 2.00. The third-order valence-electron chi connectivity index (χ3n) is 2.98. The molecule has 2 heterocycles. The maximum Gasteiger partial charge on any atom is 0.270 e. The van der Waals surface area contributed by atoms with E-state index in [4.69, 9.17) is 4.74 Å². The molecule has 0 saturated carbocycles. The summed E-state index contributed by atoms with van der Waals surface area (Å²) in [5.74, 6) is 0.275. The van der Waals surface area contributed by atoms with Crippen molar-refractivity contribution in [2.75, 3.05) is 13.2 Å². The van der Waals surface area contributed by atoms with E-state index in [-0.39, 0.29) is 11.9 Å². The Balaban J connectivity index is 1.96. The molecular formula is C12H15BrN2O2. The van der Waals surface area contributed by atoms with E-state index in [0.29, 0.717) is 16.2 Å². The highest BCUT2D eigenvalue weighted by Gasteiger charge is 2.24. The number of nitrogens with zero attached hydrogens (tertiary/aromatic N) is 1. The van der Waals surface area contributed by atoms with Crippen LogP contribution in [0.1, 0.15) is 23.8 Å². The van der Waals surface area contributed by atoms with Crippen LogP contribution < -0.4 is 5.32 Å². The van der Waals surface area contributed by atoms with E-state index in [1.165, 1.54) is 0 Å². The Morgan fingerprint density at radius 2 is 2.47 bits per heavy atom. The number of hydrogen-bond donors (Lipinski definition) is 1. The lowest BCUT2D eigenvalue weighted by Gasteiger charge is -2.18. The standard InChI is InChI=1S/C12H15BrN2O2/c1-8(9-5-6-17-7-9)14-12(16)10-3-2-4-11(13)15-10/h2-4,8-9H,5-7H2,1H3,(H,14,16). The zero-order valence-corrected chi connectivity index (χ0v) is 11.2. The summed E-state index contributed by atoms with van der Waals surface area (Å²) in [5.41, 5.74) is 0.435. The molecule has 1 N–H and O–H groups in total. The van der Waals surface area contributed by atoms with Gasteiger partial charge in [0, 0.05) is 18.6 Å². The largest absolute Gasteiger partial charge is 0.381 e. The minimum Gasteiger partial charge on any atom is -0.381 e. The van der Waals surface area contributed by atoms with Gasteiger partial charge < -0.3 is 10.1 Å². The second kappa shape index (κ2) is 5.60. The Morgan fingerprint density at radius 3 is 3.12 bits per heavy atom. The average Bonchev–Trinajstić information content (AvgIpc) is 2.82. The summed E-state index contributed by atoms with van der Waals surface area (Å²) in [5, 5.41) is 2.96. The molecule has 92 valence electrons. The van der Waals surface area contributed by atoms with Gasteiger partial charge in [-0.3, -0.25) is 4.79 Å². The highest BCUT2D eigenvalue weighted by Crippen LogP contribution is 2.16. The molecule has 1 amide bonds. The first-order valence-corrected chi connectivity index (χ1v) is 6.47. The second-order valence-electron chi connectivity index (χ2n) is 4.23. The summed E-state index contributed by atoms with van der Waals surface area (Å²) in [6.07, 6.45) is 1.01. The first-order chi connectivity index (χ1) is 8.16. The van der Waals surface area contributed by atoms with Crippen LogP contribution in [-0.4, -0.2) is 30.1 Å². The third-order valence-corrected chi connectivity index (χ3v) is 3.42. The van der Waals surface area contributed by atoms with E-state index in [2.05, 4.69) is 26.2 Å². The number of carbonyl (C=O) groups is 1. The van der Waals surface area contributed by atoms with E-state index in [1.54, 1.807) is 18.2 Å². The highest BCUT2D eigenvalue weighted by molar-refractivity contribution is 9.10. The molecule has 4 nitrogen and oxygen atoms in total. The fourth-order valence-electron chi connectivity index (χ4n) is 1.88. The molecule has 1 saturated heterocycles. The molecule has 1 aliphatic heterocycles. The van der Waals surface area contributed by atoms with Gasteiger partial charge in [0.25, 0.3) is 5.91 Å². The molecule has 2 rings (SSSR count). The normalized spacial score (nSPS) is 21.2. The molecule has 0 spiro atoms. The van der Waals surface area contributed by atoms with Gasteiger partial charge in [0.05, 0.1) is 6.61 Å². The van der Waals surface area contributed by atoms with Gasteiger partial charge >= 0.3 is 0 Å². The van der Waals surface area contributed by atoms with E-state index in [0.717, 1.165) is 19.6 Å². The van der Waals surface area contributed by atoms with Gasteiger partial charge in [-0.2, -0.15) is 0 Å². The van der Waals surface area contributed by atoms with E-state index >= 15 is 0 Å². The SMILES string of the molecule is CC(NC(=O)c1cccc(Br)n1)C1CCOC1. The van der Waals surface area contributed by atoms with Gasteiger partial charge in [0.1, 0.15) is 10.3 Å². The summed E-state index contributed by atoms with van der Waals surface area (Å²) in [4.78, 5) is 16.1. The smallest absolute Gasteiger partial charge is 0.270 e. The summed E-state index contributed by atoms with van der Waals surface area (Å²) in [7, 11) is 0. The first-order valence-electron chi connectivity index (χ1n) is 5.68. The van der Waals surface area contributed by atoms with Crippen LogP contribution in [-0.2, 0) is 4.74 Å². The minimum atomic E-state index is -0.134. The van der Waals surface area contributed by atoms with Crippen molar-refractivity contribution in [3.05, 3.63) is 28.5 Å². The Kier molecular flexibility index (Phi) is 4.12. The number of halogens is 1. The van der Waals surface area contributed by atoms with Crippen molar-refractivity contribution in [3.63, 3.8) is 0 Å². The lowest BCUT2D eigenvalue weighted by atomic mass is 10.0. The Labute approximate surface area is 109 Å². The molecule has 5 heteroatoms. The molecule has 1 fully saturated rings. The fraction of sp³-hybridized carbons (Fsp3) is 0.500. The zero-order chi connectivity index (χ0) is 12.3. The third kappa shape index (κ3) is 3.26. The van der Waals surface area contributed by atoms with E-state index < -0.39 is 0 Å². The summed E-state index contributed by atoms with van der Waals surface area (Å²) in [6.45, 7) is 3.53. The van der Waals surface area contributed by atoms with Crippen LogP contribution in [0.3, 0.4) is 0 Å². The van der Waals surface area contributed by atoms with Gasteiger partial charge in [-0.15, -0.1) is 0 Å². The molecule has 1 aromatic rings. The molecule has 2 atom stereocenters. The Morgan fingerprint density at radius 1 is 1.65 bits per heavy atom. The van der Waals surface area contributed by atoms with Crippen molar-refractivity contribution in [3.8, 4) is 0 Å². The quantitative estimate of drug-likeness (QED) is 0.869. The number of hydrogen-bond acceptors (Lipinski definition) is 3. The molecule has 1 aliphatic rings. The molecule has 0 radical (unpaired) electrons. The van der Waals surface area contributed by atoms with Crippen molar-refractivity contribution in [1.29, 1.82) is 0 Å². The monoisotopic (exact) mass is 298 g/mol. The minimum absolute atomic E-state index is 0.116. The average molecular weight is 299 g/mol. The second-order valence-corrected chi connectivity index (χ2v) is 5.04. The van der Waals surface area contributed by atoms with Crippen molar-refractivity contribution >= 4 is 21.8 Å². The number of pyridine rings is 1. The Bertz CT molecular complexity index is 405. The Hall–Kier alpha value is -0.940. The molecule has 0 aliphatic carbocycles. The van der Waals surface area contributed by atoms with Crippen molar-refractivity contribution in [2.24, 2.45) is 5.92 Å². The van der Waals surface area contributed by atoms with Gasteiger partial charge in [0.15, 0.2) is 0 Å². The predicted molar refractivity (Wildman–Crippen MR) is 67.8 cm³/mol. The maximum absolute atomic E-state index is 11.9. The number of amides is 1. The molecule has 1 aromatic heterocycles. The van der Waals surface area contributed by atoms with Crippen LogP contribution in [0, 0.1) is 5.92 Å². The number of nitrogens with one attached hydrogen (secondary N) is 1. The zero-order valence-electron chi connectivity index (χ0n) is 9.65. The lowest BCUT2D eigenvalue weighted by Crippen LogP contribution is -2.38. The summed E-state index contributed by atoms with van der Waals surface area (Å²) >= 11 is 3.25. The van der Waals surface area contributed by atoms with Gasteiger partial charge in [-0.25, -0.2) is 4.98 Å². The molecule has 0 bridgehead atoms. The molecule has 2 unspecified atom stereocenters. The lowest BCUT2D eigenvalue weighted by molar-refractivity contribution is 0.0917. The maximum atomic E-state index is 11.9. The van der Waals surface area contributed by atoms with Crippen LogP contribution in [0.4, 0.5) is 0 Å². The number of ether oxygens (including phenoxy) is 1. The van der Waals surface area contributed by atoms with Crippen LogP contribution >= 0.6 is 15.9 Å². The fourth-order valence-corrected chi connectivity index (χ4v) is 2.22. The van der Waals surface area contributed by atoms with Crippen LogP contribution in [0.5, 0.6) is 0 Å². The van der Waals surface area contributed by atoms with E-state index in [1.807, 2.05) is 6.92 Å².